The number of carbonyl (C=O) groups excluding carboxylic acids is 5. The van der Waals surface area contributed by atoms with E-state index in [1.807, 2.05) is 30.3 Å². The number of nitrogens with one attached hydrogen (secondary N) is 4. The molecule has 0 bridgehead atoms. The lowest BCUT2D eigenvalue weighted by Gasteiger charge is -2.26. The smallest absolute Gasteiger partial charge is 0.438 e. The highest BCUT2D eigenvalue weighted by atomic mass is 17.2. The summed E-state index contributed by atoms with van der Waals surface area (Å²) in [6, 6.07) is 7.11. The topological polar surface area (TPSA) is 284 Å². The van der Waals surface area contributed by atoms with Crippen LogP contribution in [0.15, 0.2) is 35.4 Å². The first kappa shape index (κ1) is 60.2. The minimum Gasteiger partial charge on any atom is -0.458 e. The fourth-order valence-electron chi connectivity index (χ4n) is 5.22. The Balaban J connectivity index is 2.54. The standard InChI is InChI=1S/C44H75N7O16/c1-43(2,3)64-40(54)37(17-11-13-19-46-41(55)65-63-34-35-14-8-7-9-15-35)50-39(53)36(16-10-12-20-47-42(56)66-67-44(4,5)6)49-38(52)18-22-57-24-26-59-28-30-61-32-33-62-31-29-60-27-25-58-23-21-48-51-45/h7-9,14-15,36-37H,10-13,16-34H2,1-6H3,(H,46,55)(H,47,56)(H,49,52)(H,50,53)/t36-,37-/m0/s1. The maximum atomic E-state index is 13.7. The molecule has 0 saturated heterocycles. The van der Waals surface area contributed by atoms with Crippen LogP contribution in [-0.2, 0) is 73.7 Å². The van der Waals surface area contributed by atoms with Crippen LogP contribution in [0.2, 0.25) is 0 Å². The van der Waals surface area contributed by atoms with Crippen LogP contribution in [0, 0.1) is 0 Å². The van der Waals surface area contributed by atoms with E-state index in [0.717, 1.165) is 5.56 Å². The third-order valence-electron chi connectivity index (χ3n) is 8.34. The summed E-state index contributed by atoms with van der Waals surface area (Å²) in [6.07, 6.45) is 0.479. The van der Waals surface area contributed by atoms with Crippen LogP contribution < -0.4 is 21.3 Å². The Morgan fingerprint density at radius 2 is 1.10 bits per heavy atom. The van der Waals surface area contributed by atoms with E-state index in [9.17, 15) is 24.0 Å². The van der Waals surface area contributed by atoms with Crippen molar-refractivity contribution in [2.45, 2.75) is 116 Å². The van der Waals surface area contributed by atoms with Crippen molar-refractivity contribution >= 4 is 30.0 Å². The summed E-state index contributed by atoms with van der Waals surface area (Å²) < 4.78 is 38.2. The minimum atomic E-state index is -1.06. The van der Waals surface area contributed by atoms with Crippen LogP contribution in [0.5, 0.6) is 0 Å². The number of benzene rings is 1. The second-order valence-corrected chi connectivity index (χ2v) is 16.6. The number of unbranched alkanes of at least 4 members (excludes halogenated alkanes) is 2. The van der Waals surface area contributed by atoms with E-state index in [0.29, 0.717) is 85.1 Å². The monoisotopic (exact) mass is 958 g/mol. The van der Waals surface area contributed by atoms with E-state index in [1.165, 1.54) is 0 Å². The molecule has 382 valence electrons. The molecule has 1 rings (SSSR count). The van der Waals surface area contributed by atoms with E-state index < -0.39 is 53.3 Å². The normalized spacial score (nSPS) is 12.3. The average Bonchev–Trinajstić information content (AvgIpc) is 3.27. The molecule has 67 heavy (non-hydrogen) atoms. The summed E-state index contributed by atoms with van der Waals surface area (Å²) >= 11 is 0. The molecule has 0 fully saturated rings. The van der Waals surface area contributed by atoms with E-state index in [4.69, 9.17) is 58.2 Å². The highest BCUT2D eigenvalue weighted by molar-refractivity contribution is 5.90. The third-order valence-corrected chi connectivity index (χ3v) is 8.34. The van der Waals surface area contributed by atoms with Gasteiger partial charge < -0.3 is 54.4 Å². The van der Waals surface area contributed by atoms with Gasteiger partial charge in [0.25, 0.3) is 0 Å². The first-order chi connectivity index (χ1) is 32.1. The largest absolute Gasteiger partial charge is 0.458 e. The number of ether oxygens (including phenoxy) is 7. The van der Waals surface area contributed by atoms with Crippen molar-refractivity contribution < 1.29 is 76.7 Å². The van der Waals surface area contributed by atoms with Gasteiger partial charge in [-0.3, -0.25) is 19.4 Å². The number of rotatable bonds is 39. The van der Waals surface area contributed by atoms with Gasteiger partial charge in [-0.15, -0.1) is 0 Å². The number of hydrogen-bond acceptors (Lipinski definition) is 17. The van der Waals surface area contributed by atoms with Crippen LogP contribution >= 0.6 is 0 Å². The van der Waals surface area contributed by atoms with Crippen LogP contribution in [0.3, 0.4) is 0 Å². The van der Waals surface area contributed by atoms with Gasteiger partial charge in [-0.05, 0) is 91.2 Å². The van der Waals surface area contributed by atoms with Crippen molar-refractivity contribution in [1.82, 2.24) is 21.3 Å². The number of azide groups is 1. The van der Waals surface area contributed by atoms with Gasteiger partial charge in [0.05, 0.1) is 79.3 Å². The summed E-state index contributed by atoms with van der Waals surface area (Å²) in [5.74, 6) is -1.69. The van der Waals surface area contributed by atoms with Crippen molar-refractivity contribution in [3.05, 3.63) is 46.3 Å². The zero-order chi connectivity index (χ0) is 49.4. The molecular weight excluding hydrogens is 883 g/mol. The number of hydrogen-bond donors (Lipinski definition) is 4. The lowest BCUT2D eigenvalue weighted by molar-refractivity contribution is -0.300. The molecule has 0 aromatic heterocycles. The lowest BCUT2D eigenvalue weighted by atomic mass is 10.1. The highest BCUT2D eigenvalue weighted by Crippen LogP contribution is 2.13. The quantitative estimate of drug-likeness (QED) is 0.0132. The number of nitrogens with zero attached hydrogens (tertiary/aromatic N) is 3. The van der Waals surface area contributed by atoms with Gasteiger partial charge in [0.2, 0.25) is 11.8 Å². The number of amides is 4. The van der Waals surface area contributed by atoms with Crippen molar-refractivity contribution in [2.24, 2.45) is 5.11 Å². The summed E-state index contributed by atoms with van der Waals surface area (Å²) in [5.41, 5.74) is 7.51. The average molecular weight is 958 g/mol. The van der Waals surface area contributed by atoms with Gasteiger partial charge in [-0.1, -0.05) is 35.4 Å². The second kappa shape index (κ2) is 38.2. The molecule has 0 unspecified atom stereocenters. The van der Waals surface area contributed by atoms with Crippen LogP contribution in [0.1, 0.15) is 92.1 Å². The molecule has 0 aliphatic heterocycles. The van der Waals surface area contributed by atoms with Crippen molar-refractivity contribution in [3.63, 3.8) is 0 Å². The van der Waals surface area contributed by atoms with E-state index >= 15 is 0 Å². The van der Waals surface area contributed by atoms with E-state index in [1.54, 1.807) is 41.5 Å². The molecule has 1 aromatic carbocycles. The molecule has 0 aliphatic rings. The van der Waals surface area contributed by atoms with Crippen molar-refractivity contribution in [2.75, 3.05) is 98.9 Å². The SMILES string of the molecule is CC(C)(C)OOC(=O)NCCCC[C@H](NC(=O)CCOCCOCCOCCOCCOCCOCCN=[N+]=[N-])C(=O)N[C@@H](CCCCNC(=O)OOCc1ccccc1)C(=O)OC(C)(C)C. The molecule has 0 radical (unpaired) electrons. The maximum Gasteiger partial charge on any atom is 0.438 e. The molecule has 4 N–H and O–H groups in total. The molecule has 0 saturated carbocycles. The van der Waals surface area contributed by atoms with Gasteiger partial charge in [0.15, 0.2) is 0 Å². The Kier molecular flexibility index (Phi) is 34.3. The van der Waals surface area contributed by atoms with Gasteiger partial charge in [-0.2, -0.15) is 9.78 Å². The van der Waals surface area contributed by atoms with Gasteiger partial charge in [0.1, 0.15) is 29.9 Å². The lowest BCUT2D eigenvalue weighted by Crippen LogP contribution is -2.52. The van der Waals surface area contributed by atoms with Crippen LogP contribution in [-0.4, -0.2) is 152 Å². The van der Waals surface area contributed by atoms with Crippen molar-refractivity contribution in [1.29, 1.82) is 0 Å². The number of esters is 1. The van der Waals surface area contributed by atoms with Crippen LogP contribution in [0.25, 0.3) is 10.4 Å². The Labute approximate surface area is 394 Å². The molecule has 0 spiro atoms. The number of carbonyl (C=O) groups is 5. The van der Waals surface area contributed by atoms with Gasteiger partial charge in [-0.25, -0.2) is 14.4 Å². The minimum absolute atomic E-state index is 0.0476. The van der Waals surface area contributed by atoms with E-state index in [-0.39, 0.29) is 65.3 Å². The predicted molar refractivity (Wildman–Crippen MR) is 242 cm³/mol. The summed E-state index contributed by atoms with van der Waals surface area (Å²) in [7, 11) is 0. The fraction of sp³-hybridized carbons (Fsp3) is 0.750. The van der Waals surface area contributed by atoms with Crippen molar-refractivity contribution in [3.8, 4) is 0 Å². The molecule has 4 amide bonds. The molecule has 23 nitrogen and oxygen atoms in total. The Morgan fingerprint density at radius 1 is 0.612 bits per heavy atom. The first-order valence-corrected chi connectivity index (χ1v) is 22.6. The molecular formula is C44H75N7O16. The first-order valence-electron chi connectivity index (χ1n) is 22.6. The molecule has 0 aliphatic carbocycles. The Morgan fingerprint density at radius 3 is 1.61 bits per heavy atom. The highest BCUT2D eigenvalue weighted by Gasteiger charge is 2.30. The molecule has 0 heterocycles. The fourth-order valence-corrected chi connectivity index (χ4v) is 5.22. The Hall–Kier alpha value is -4.84. The predicted octanol–water partition coefficient (Wildman–Crippen LogP) is 4.75. The third kappa shape index (κ3) is 37.9. The van der Waals surface area contributed by atoms with E-state index in [2.05, 4.69) is 31.3 Å². The second-order valence-electron chi connectivity index (χ2n) is 16.6. The van der Waals surface area contributed by atoms with Crippen LogP contribution in [0.4, 0.5) is 9.59 Å². The molecule has 23 heteroatoms. The Bertz CT molecular complexity index is 1540. The van der Waals surface area contributed by atoms with Gasteiger partial charge >= 0.3 is 18.2 Å². The zero-order valence-corrected chi connectivity index (χ0v) is 40.2. The zero-order valence-electron chi connectivity index (χ0n) is 40.2. The maximum absolute atomic E-state index is 13.7. The van der Waals surface area contributed by atoms with Gasteiger partial charge in [0, 0.05) is 31.0 Å². The summed E-state index contributed by atoms with van der Waals surface area (Å²) in [6.45, 7) is 15.2. The molecule has 1 aromatic rings. The molecule has 2 atom stereocenters. The summed E-state index contributed by atoms with van der Waals surface area (Å²) in [5, 5.41) is 14.0. The summed E-state index contributed by atoms with van der Waals surface area (Å²) in [4.78, 5) is 86.3.